The first-order valence-corrected chi connectivity index (χ1v) is 12.1. The second-order valence-corrected chi connectivity index (χ2v) is 8.59. The van der Waals surface area contributed by atoms with Crippen molar-refractivity contribution in [1.82, 2.24) is 9.97 Å². The van der Waals surface area contributed by atoms with Gasteiger partial charge >= 0.3 is 10.4 Å². The first-order chi connectivity index (χ1) is 17.5. The van der Waals surface area contributed by atoms with Crippen molar-refractivity contribution in [2.24, 2.45) is 0 Å². The number of nitrogens with one attached hydrogen (secondary N) is 2. The van der Waals surface area contributed by atoms with Crippen LogP contribution in [0.25, 0.3) is 10.9 Å². The van der Waals surface area contributed by atoms with Gasteiger partial charge in [0.15, 0.2) is 0 Å². The van der Waals surface area contributed by atoms with Crippen LogP contribution in [0.3, 0.4) is 0 Å². The molecule has 0 atom stereocenters. The number of rotatable bonds is 7. The van der Waals surface area contributed by atoms with Crippen LogP contribution >= 0.6 is 11.6 Å². The van der Waals surface area contributed by atoms with E-state index in [0.29, 0.717) is 39.0 Å². The maximum atomic E-state index is 13.3. The summed E-state index contributed by atoms with van der Waals surface area (Å²) in [6.45, 7) is 3.65. The average Bonchev–Trinajstić information content (AvgIpc) is 2.83. The lowest BCUT2D eigenvalue weighted by atomic mass is 10.2. The zero-order valence-electron chi connectivity index (χ0n) is 18.9. The second kappa shape index (κ2) is 12.2. The predicted molar refractivity (Wildman–Crippen MR) is 138 cm³/mol. The number of aromatic nitrogens is 2. The number of fused-ring (bicyclic) bond motifs is 1. The van der Waals surface area contributed by atoms with Crippen LogP contribution in [0.1, 0.15) is 5.56 Å². The smallest absolute Gasteiger partial charge is 0.394 e. The number of nitrogens with zero attached hydrogens (tertiary/aromatic N) is 2. The van der Waals surface area contributed by atoms with Gasteiger partial charge in [0, 0.05) is 16.8 Å². The number of ether oxygens (including phenoxy) is 1. The van der Waals surface area contributed by atoms with E-state index in [9.17, 15) is 9.18 Å². The van der Waals surface area contributed by atoms with Gasteiger partial charge in [0.25, 0.3) is 0 Å². The third-order valence-corrected chi connectivity index (χ3v) is 4.86. The first kappa shape index (κ1) is 27.5. The van der Waals surface area contributed by atoms with Crippen molar-refractivity contribution in [3.63, 3.8) is 0 Å². The highest BCUT2D eigenvalue weighted by Gasteiger charge is 2.09. The normalized spacial score (nSPS) is 10.7. The maximum Gasteiger partial charge on any atom is 0.394 e. The molecule has 13 heteroatoms. The molecule has 0 saturated heterocycles. The SMILES string of the molecule is C=CC(=O)Nc1ccc2ncnc(Nc3ccc(OCc4cccc(F)c4)c(Cl)c3)c2c1.O=S(=O)(O)O. The summed E-state index contributed by atoms with van der Waals surface area (Å²) in [6, 6.07) is 16.7. The Morgan fingerprint density at radius 1 is 1.08 bits per heavy atom. The lowest BCUT2D eigenvalue weighted by Crippen LogP contribution is -2.07. The van der Waals surface area contributed by atoms with E-state index in [-0.39, 0.29) is 18.3 Å². The fourth-order valence-corrected chi connectivity index (χ4v) is 3.28. The van der Waals surface area contributed by atoms with Crippen LogP contribution < -0.4 is 15.4 Å². The quantitative estimate of drug-likeness (QED) is 0.181. The van der Waals surface area contributed by atoms with Crippen LogP contribution in [-0.4, -0.2) is 33.4 Å². The van der Waals surface area contributed by atoms with E-state index in [2.05, 4.69) is 27.2 Å². The topological polar surface area (TPSA) is 151 Å². The van der Waals surface area contributed by atoms with Crippen molar-refractivity contribution in [3.8, 4) is 5.75 Å². The van der Waals surface area contributed by atoms with Gasteiger partial charge in [-0.05, 0) is 60.2 Å². The van der Waals surface area contributed by atoms with E-state index in [4.69, 9.17) is 33.9 Å². The van der Waals surface area contributed by atoms with E-state index in [1.54, 1.807) is 48.5 Å². The fourth-order valence-electron chi connectivity index (χ4n) is 3.05. The predicted octanol–water partition coefficient (Wildman–Crippen LogP) is 5.22. The molecule has 3 aromatic carbocycles. The minimum absolute atomic E-state index is 0.194. The Morgan fingerprint density at radius 2 is 1.81 bits per heavy atom. The second-order valence-electron chi connectivity index (χ2n) is 7.28. The Bertz CT molecular complexity index is 1540. The van der Waals surface area contributed by atoms with Gasteiger partial charge < -0.3 is 15.4 Å². The summed E-state index contributed by atoms with van der Waals surface area (Å²) in [6.07, 6.45) is 2.65. The number of amides is 1. The van der Waals surface area contributed by atoms with Gasteiger partial charge in [-0.15, -0.1) is 0 Å². The van der Waals surface area contributed by atoms with Gasteiger partial charge in [-0.25, -0.2) is 14.4 Å². The molecule has 4 rings (SSSR count). The Kier molecular flexibility index (Phi) is 9.09. The summed E-state index contributed by atoms with van der Waals surface area (Å²) in [5, 5.41) is 7.05. The van der Waals surface area contributed by atoms with Gasteiger partial charge in [0.2, 0.25) is 5.91 Å². The molecule has 0 fully saturated rings. The molecule has 0 unspecified atom stereocenters. The number of carbonyl (C=O) groups is 1. The highest BCUT2D eigenvalue weighted by Crippen LogP contribution is 2.31. The van der Waals surface area contributed by atoms with E-state index in [1.807, 2.05) is 0 Å². The summed E-state index contributed by atoms with van der Waals surface area (Å²) in [5.41, 5.74) is 2.70. The lowest BCUT2D eigenvalue weighted by molar-refractivity contribution is -0.111. The summed E-state index contributed by atoms with van der Waals surface area (Å²) < 4.78 is 50.6. The molecule has 4 N–H and O–H groups in total. The molecule has 0 aliphatic rings. The molecule has 0 radical (unpaired) electrons. The molecular weight excluding hydrogens is 527 g/mol. The highest BCUT2D eigenvalue weighted by molar-refractivity contribution is 7.79. The van der Waals surface area contributed by atoms with Crippen molar-refractivity contribution in [3.05, 3.63) is 96.0 Å². The molecule has 0 aliphatic carbocycles. The Hall–Kier alpha value is -4.10. The Balaban J connectivity index is 0.000000695. The molecule has 4 aromatic rings. The lowest BCUT2D eigenvalue weighted by Gasteiger charge is -2.12. The first-order valence-electron chi connectivity index (χ1n) is 10.3. The molecule has 192 valence electrons. The van der Waals surface area contributed by atoms with Crippen LogP contribution in [0.5, 0.6) is 5.75 Å². The average molecular weight is 547 g/mol. The largest absolute Gasteiger partial charge is 0.487 e. The molecule has 0 spiro atoms. The summed E-state index contributed by atoms with van der Waals surface area (Å²) >= 11 is 6.38. The van der Waals surface area contributed by atoms with Crippen molar-refractivity contribution in [2.75, 3.05) is 10.6 Å². The third-order valence-electron chi connectivity index (χ3n) is 4.57. The number of hydrogen-bond acceptors (Lipinski definition) is 7. The van der Waals surface area contributed by atoms with Crippen LogP contribution in [0.2, 0.25) is 5.02 Å². The molecule has 1 heterocycles. The maximum absolute atomic E-state index is 13.3. The van der Waals surface area contributed by atoms with Crippen molar-refractivity contribution in [1.29, 1.82) is 0 Å². The minimum atomic E-state index is -4.67. The van der Waals surface area contributed by atoms with Crippen molar-refractivity contribution >= 4 is 56.0 Å². The minimum Gasteiger partial charge on any atom is -0.487 e. The summed E-state index contributed by atoms with van der Waals surface area (Å²) in [5.74, 6) is 0.398. The Morgan fingerprint density at radius 3 is 2.49 bits per heavy atom. The number of benzene rings is 3. The zero-order chi connectivity index (χ0) is 27.0. The molecule has 1 aromatic heterocycles. The van der Waals surface area contributed by atoms with Crippen LogP contribution in [0, 0.1) is 5.82 Å². The van der Waals surface area contributed by atoms with Gasteiger partial charge in [-0.2, -0.15) is 8.42 Å². The van der Waals surface area contributed by atoms with Crippen LogP contribution in [-0.2, 0) is 21.8 Å². The third kappa shape index (κ3) is 8.81. The standard InChI is InChI=1S/C24H18ClFN4O2.H2O4S/c1-2-23(31)29-17-6-8-21-19(11-17)24(28-14-27-21)30-18-7-9-22(20(25)12-18)32-13-15-4-3-5-16(26)10-15;1-5(2,3)4/h2-12,14H,1,13H2,(H,29,31)(H,27,28,30);(H2,1,2,3,4). The van der Waals surface area contributed by atoms with E-state index >= 15 is 0 Å². The van der Waals surface area contributed by atoms with Gasteiger partial charge in [-0.3, -0.25) is 13.9 Å². The molecule has 10 nitrogen and oxygen atoms in total. The Labute approximate surface area is 216 Å². The molecule has 37 heavy (non-hydrogen) atoms. The molecule has 1 amide bonds. The van der Waals surface area contributed by atoms with Gasteiger partial charge in [0.05, 0.1) is 10.5 Å². The van der Waals surface area contributed by atoms with Crippen molar-refractivity contribution in [2.45, 2.75) is 6.61 Å². The van der Waals surface area contributed by atoms with Crippen molar-refractivity contribution < 1.29 is 31.4 Å². The highest BCUT2D eigenvalue weighted by atomic mass is 35.5. The molecule has 0 aliphatic heterocycles. The summed E-state index contributed by atoms with van der Waals surface area (Å²) in [4.78, 5) is 20.2. The monoisotopic (exact) mass is 546 g/mol. The molecular formula is C24H20ClFN4O6S. The van der Waals surface area contributed by atoms with Gasteiger partial charge in [-0.1, -0.05) is 30.3 Å². The van der Waals surface area contributed by atoms with E-state index < -0.39 is 10.4 Å². The van der Waals surface area contributed by atoms with E-state index in [0.717, 1.165) is 5.39 Å². The van der Waals surface area contributed by atoms with E-state index in [1.165, 1.54) is 24.5 Å². The number of carbonyl (C=O) groups excluding carboxylic acids is 1. The summed E-state index contributed by atoms with van der Waals surface area (Å²) in [7, 11) is -4.67. The zero-order valence-corrected chi connectivity index (χ0v) is 20.5. The van der Waals surface area contributed by atoms with Crippen LogP contribution in [0.4, 0.5) is 21.6 Å². The number of anilines is 3. The fraction of sp³-hybridized carbons (Fsp3) is 0.0417. The van der Waals surface area contributed by atoms with Crippen LogP contribution in [0.15, 0.2) is 79.6 Å². The number of halogens is 2. The number of hydrogen-bond donors (Lipinski definition) is 4. The molecule has 0 bridgehead atoms. The van der Waals surface area contributed by atoms with Gasteiger partial charge in [0.1, 0.15) is 30.3 Å². The molecule has 0 saturated carbocycles.